The van der Waals surface area contributed by atoms with Crippen LogP contribution in [0.1, 0.15) is 16.8 Å². The normalized spacial score (nSPS) is 10.1. The van der Waals surface area contributed by atoms with Crippen LogP contribution in [0.4, 0.5) is 0 Å². The highest BCUT2D eigenvalue weighted by molar-refractivity contribution is 6.30. The Balaban J connectivity index is 0.000000469. The number of ether oxygens (including phenoxy) is 2. The Morgan fingerprint density at radius 2 is 1.53 bits per heavy atom. The van der Waals surface area contributed by atoms with Crippen LogP contribution in [0.2, 0.25) is 5.02 Å². The summed E-state index contributed by atoms with van der Waals surface area (Å²) in [6.07, 6.45) is 0. The van der Waals surface area contributed by atoms with Crippen molar-refractivity contribution in [2.24, 2.45) is 0 Å². The molecule has 0 saturated carbocycles. The number of halogens is 1. The number of nitrogens with zero attached hydrogens (tertiary/aromatic N) is 1. The van der Waals surface area contributed by atoms with Gasteiger partial charge in [0.2, 0.25) is 0 Å². The van der Waals surface area contributed by atoms with Crippen LogP contribution in [-0.4, -0.2) is 40.3 Å². The average Bonchev–Trinajstić information content (AvgIpc) is 2.67. The van der Waals surface area contributed by atoms with Crippen molar-refractivity contribution in [2.45, 2.75) is 20.8 Å². The average molecular weight is 432 g/mol. The molecule has 0 unspecified atom stereocenters. The number of fused-ring (bicyclic) bond motifs is 1. The van der Waals surface area contributed by atoms with Crippen molar-refractivity contribution in [2.75, 3.05) is 13.2 Å². The highest BCUT2D eigenvalue weighted by atomic mass is 35.5. The maximum Gasteiger partial charge on any atom is 0.414 e. The van der Waals surface area contributed by atoms with Gasteiger partial charge in [-0.2, -0.15) is 0 Å². The third-order valence-corrected chi connectivity index (χ3v) is 4.24. The number of para-hydroxylation sites is 1. The molecule has 8 heteroatoms. The summed E-state index contributed by atoms with van der Waals surface area (Å²) in [5.41, 5.74) is 3.92. The number of hydrogen-bond donors (Lipinski definition) is 2. The molecule has 0 fully saturated rings. The molecule has 0 radical (unpaired) electrons. The minimum absolute atomic E-state index is 0.455. The second-order valence-electron chi connectivity index (χ2n) is 6.46. The lowest BCUT2D eigenvalue weighted by Gasteiger charge is -2.14. The zero-order valence-corrected chi connectivity index (χ0v) is 17.6. The summed E-state index contributed by atoms with van der Waals surface area (Å²) in [6.45, 7) is 6.88. The molecule has 30 heavy (non-hydrogen) atoms. The zero-order valence-electron chi connectivity index (χ0n) is 16.8. The second kappa shape index (κ2) is 10.5. The Labute approximate surface area is 178 Å². The van der Waals surface area contributed by atoms with Gasteiger partial charge in [0.25, 0.3) is 0 Å². The van der Waals surface area contributed by atoms with Crippen LogP contribution in [0.5, 0.6) is 11.5 Å². The summed E-state index contributed by atoms with van der Waals surface area (Å²) in [6, 6.07) is 13.8. The van der Waals surface area contributed by atoms with Crippen LogP contribution in [0.25, 0.3) is 10.9 Å². The van der Waals surface area contributed by atoms with Crippen LogP contribution in [0, 0.1) is 20.8 Å². The fourth-order valence-corrected chi connectivity index (χ4v) is 3.08. The van der Waals surface area contributed by atoms with Gasteiger partial charge in [-0.3, -0.25) is 0 Å². The van der Waals surface area contributed by atoms with Crippen LogP contribution in [0.3, 0.4) is 0 Å². The number of carboxylic acids is 2. The van der Waals surface area contributed by atoms with E-state index in [0.717, 1.165) is 44.2 Å². The Morgan fingerprint density at radius 3 is 2.13 bits per heavy atom. The summed E-state index contributed by atoms with van der Waals surface area (Å²) < 4.78 is 11.8. The minimum atomic E-state index is -1.82. The molecule has 0 aliphatic carbocycles. The summed E-state index contributed by atoms with van der Waals surface area (Å²) >= 11 is 6.04. The fraction of sp³-hybridized carbons (Fsp3) is 0.227. The highest BCUT2D eigenvalue weighted by Gasteiger charge is 2.07. The Morgan fingerprint density at radius 1 is 0.933 bits per heavy atom. The highest BCUT2D eigenvalue weighted by Crippen LogP contribution is 2.27. The lowest BCUT2D eigenvalue weighted by Crippen LogP contribution is -2.10. The summed E-state index contributed by atoms with van der Waals surface area (Å²) in [7, 11) is 0. The molecule has 2 N–H and O–H groups in total. The Kier molecular flexibility index (Phi) is 8.00. The Hall–Kier alpha value is -3.32. The van der Waals surface area contributed by atoms with Crippen molar-refractivity contribution in [1.29, 1.82) is 0 Å². The number of carbonyl (C=O) groups is 2. The van der Waals surface area contributed by atoms with Crippen LogP contribution in [0.15, 0.2) is 42.5 Å². The first-order valence-electron chi connectivity index (χ1n) is 9.04. The van der Waals surface area contributed by atoms with Crippen molar-refractivity contribution in [3.05, 3.63) is 64.3 Å². The van der Waals surface area contributed by atoms with Gasteiger partial charge >= 0.3 is 11.9 Å². The van der Waals surface area contributed by atoms with Crippen molar-refractivity contribution in [3.63, 3.8) is 0 Å². The molecule has 1 heterocycles. The largest absolute Gasteiger partial charge is 0.489 e. The van der Waals surface area contributed by atoms with E-state index in [1.807, 2.05) is 57.2 Å². The smallest absolute Gasteiger partial charge is 0.414 e. The van der Waals surface area contributed by atoms with Gasteiger partial charge in [-0.1, -0.05) is 29.8 Å². The van der Waals surface area contributed by atoms with Gasteiger partial charge in [0, 0.05) is 16.1 Å². The number of pyridine rings is 1. The number of aromatic nitrogens is 1. The number of aryl methyl sites for hydroxylation is 3. The third-order valence-electron chi connectivity index (χ3n) is 4.02. The molecule has 0 aliphatic rings. The van der Waals surface area contributed by atoms with Gasteiger partial charge in [-0.05, 0) is 56.2 Å². The molecule has 0 spiro atoms. The molecule has 0 bridgehead atoms. The molecule has 0 aliphatic heterocycles. The van der Waals surface area contributed by atoms with Gasteiger partial charge < -0.3 is 19.7 Å². The molecule has 7 nitrogen and oxygen atoms in total. The molecule has 3 rings (SSSR count). The maximum absolute atomic E-state index is 9.10. The van der Waals surface area contributed by atoms with E-state index in [0.29, 0.717) is 13.2 Å². The zero-order chi connectivity index (χ0) is 22.3. The first-order chi connectivity index (χ1) is 14.2. The molecule has 1 aromatic heterocycles. The van der Waals surface area contributed by atoms with Crippen molar-refractivity contribution in [3.8, 4) is 11.5 Å². The molecule has 158 valence electrons. The lowest BCUT2D eigenvalue weighted by atomic mass is 10.1. The van der Waals surface area contributed by atoms with Gasteiger partial charge in [0.15, 0.2) is 0 Å². The van der Waals surface area contributed by atoms with E-state index in [2.05, 4.69) is 11.1 Å². The first-order valence-corrected chi connectivity index (χ1v) is 9.41. The van der Waals surface area contributed by atoms with Gasteiger partial charge in [-0.25, -0.2) is 14.6 Å². The lowest BCUT2D eigenvalue weighted by molar-refractivity contribution is -0.159. The second-order valence-corrected chi connectivity index (χ2v) is 6.89. The van der Waals surface area contributed by atoms with Crippen LogP contribution >= 0.6 is 11.6 Å². The van der Waals surface area contributed by atoms with Crippen molar-refractivity contribution >= 4 is 34.4 Å². The standard InChI is InChI=1S/C20H20ClNO2.C2H2O4/c1-13-11-17(21)12-14(2)20(13)24-10-9-23-18-6-4-5-16-8-7-15(3)22-19(16)18;3-1(4)2(5)6/h4-8,11-12H,9-10H2,1-3H3;(H,3,4)(H,5,6). The number of aliphatic carboxylic acids is 2. The number of carboxylic acid groups (broad SMARTS) is 2. The minimum Gasteiger partial charge on any atom is -0.489 e. The number of rotatable bonds is 5. The van der Waals surface area contributed by atoms with E-state index in [9.17, 15) is 0 Å². The van der Waals surface area contributed by atoms with Crippen LogP contribution in [-0.2, 0) is 9.59 Å². The molecular weight excluding hydrogens is 410 g/mol. The predicted molar refractivity (Wildman–Crippen MR) is 114 cm³/mol. The summed E-state index contributed by atoms with van der Waals surface area (Å²) in [5.74, 6) is -2.00. The summed E-state index contributed by atoms with van der Waals surface area (Å²) in [5, 5.41) is 16.6. The first kappa shape index (κ1) is 23.0. The number of hydrogen-bond acceptors (Lipinski definition) is 5. The monoisotopic (exact) mass is 431 g/mol. The molecule has 2 aromatic carbocycles. The molecule has 3 aromatic rings. The molecule has 0 amide bonds. The quantitative estimate of drug-likeness (QED) is 0.454. The van der Waals surface area contributed by atoms with Gasteiger partial charge in [-0.15, -0.1) is 0 Å². The van der Waals surface area contributed by atoms with Gasteiger partial charge in [0.05, 0.1) is 0 Å². The summed E-state index contributed by atoms with van der Waals surface area (Å²) in [4.78, 5) is 22.8. The topological polar surface area (TPSA) is 106 Å². The van der Waals surface area contributed by atoms with E-state index in [1.165, 1.54) is 0 Å². The van der Waals surface area contributed by atoms with E-state index in [1.54, 1.807) is 0 Å². The molecule has 0 atom stereocenters. The fourth-order valence-electron chi connectivity index (χ4n) is 2.75. The third kappa shape index (κ3) is 6.35. The van der Waals surface area contributed by atoms with E-state index in [4.69, 9.17) is 40.9 Å². The van der Waals surface area contributed by atoms with Crippen molar-refractivity contribution in [1.82, 2.24) is 4.98 Å². The van der Waals surface area contributed by atoms with Crippen LogP contribution < -0.4 is 9.47 Å². The number of benzene rings is 2. The van der Waals surface area contributed by atoms with E-state index < -0.39 is 11.9 Å². The van der Waals surface area contributed by atoms with Crippen molar-refractivity contribution < 1.29 is 29.3 Å². The van der Waals surface area contributed by atoms with E-state index in [-0.39, 0.29) is 0 Å². The van der Waals surface area contributed by atoms with Gasteiger partial charge in [0.1, 0.15) is 30.2 Å². The van der Waals surface area contributed by atoms with E-state index >= 15 is 0 Å². The Bertz CT molecular complexity index is 1030. The maximum atomic E-state index is 9.10. The SMILES string of the molecule is Cc1ccc2cccc(OCCOc3c(C)cc(Cl)cc3C)c2n1.O=C(O)C(=O)O. The predicted octanol–water partition coefficient (Wildman–Crippen LogP) is 4.43. The molecular formula is C22H22ClNO6. The molecule has 0 saturated heterocycles.